The number of fused-ring (bicyclic) bond motifs is 10. The van der Waals surface area contributed by atoms with Gasteiger partial charge in [0.15, 0.2) is 5.58 Å². The van der Waals surface area contributed by atoms with Gasteiger partial charge in [-0.05, 0) is 99.2 Å². The van der Waals surface area contributed by atoms with Crippen molar-refractivity contribution < 1.29 is 13.3 Å². The topological polar surface area (TPSA) is 42.7 Å². The van der Waals surface area contributed by atoms with Gasteiger partial charge in [-0.2, -0.15) is 0 Å². The van der Waals surface area contributed by atoms with Crippen molar-refractivity contribution in [3.63, 3.8) is 0 Å². The summed E-state index contributed by atoms with van der Waals surface area (Å²) in [6.07, 6.45) is 1.95. The van der Waals surface area contributed by atoms with Crippen molar-refractivity contribution in [1.82, 2.24) is 0 Å². The van der Waals surface area contributed by atoms with Crippen molar-refractivity contribution in [3.05, 3.63) is 209 Å². The zero-order valence-electron chi connectivity index (χ0n) is 41.3. The first-order valence-electron chi connectivity index (χ1n) is 25.0. The minimum Gasteiger partial charge on any atom is -0.455 e. The van der Waals surface area contributed by atoms with E-state index in [4.69, 9.17) is 13.3 Å². The SMILES string of the molecule is CC(C)(C)c1cccc2c1oc1c([C@@H](c3ccccc3)c3ccc4c(c3)oc3c5ccc(N(c6ccccc6)c6cccc7c6oc6c(C(C)(C)C)cccc67)c6c5c(cc43)C(C)(C)CC6)cccc12. The van der Waals surface area contributed by atoms with Crippen LogP contribution in [-0.4, -0.2) is 0 Å². The molecular formula is C66H57NO3. The Kier molecular flexibility index (Phi) is 9.25. The average Bonchev–Trinajstić information content (AvgIpc) is 4.05. The number of aryl methyl sites for hydroxylation is 1. The predicted octanol–water partition coefficient (Wildman–Crippen LogP) is 19.0. The summed E-state index contributed by atoms with van der Waals surface area (Å²) in [6, 6.07) is 62.0. The fourth-order valence-electron chi connectivity index (χ4n) is 12.0. The number of para-hydroxylation sites is 5. The third kappa shape index (κ3) is 6.42. The molecule has 4 heteroatoms. The van der Waals surface area contributed by atoms with Crippen LogP contribution in [0.2, 0.25) is 0 Å². The van der Waals surface area contributed by atoms with Crippen LogP contribution >= 0.6 is 0 Å². The maximum atomic E-state index is 7.21. The van der Waals surface area contributed by atoms with Gasteiger partial charge in [-0.1, -0.05) is 183 Å². The van der Waals surface area contributed by atoms with E-state index in [1.54, 1.807) is 0 Å². The molecule has 1 aliphatic rings. The molecule has 0 saturated carbocycles. The van der Waals surface area contributed by atoms with E-state index in [-0.39, 0.29) is 22.2 Å². The maximum absolute atomic E-state index is 7.21. The van der Waals surface area contributed by atoms with Crippen LogP contribution in [0.1, 0.15) is 107 Å². The highest BCUT2D eigenvalue weighted by molar-refractivity contribution is 6.19. The van der Waals surface area contributed by atoms with Crippen LogP contribution in [0.3, 0.4) is 0 Å². The Balaban J connectivity index is 1.02. The molecule has 0 bridgehead atoms. The van der Waals surface area contributed by atoms with Crippen LogP contribution in [-0.2, 0) is 22.7 Å². The normalized spacial score (nSPS) is 14.5. The second kappa shape index (κ2) is 15.2. The van der Waals surface area contributed by atoms with Crippen molar-refractivity contribution >= 4 is 93.7 Å². The fraction of sp³-hybridized carbons (Fsp3) is 0.212. The smallest absolute Gasteiger partial charge is 0.159 e. The molecule has 0 aliphatic heterocycles. The summed E-state index contributed by atoms with van der Waals surface area (Å²) in [6.45, 7) is 18.4. The highest BCUT2D eigenvalue weighted by Crippen LogP contribution is 2.52. The molecule has 1 aliphatic carbocycles. The van der Waals surface area contributed by atoms with Gasteiger partial charge < -0.3 is 18.2 Å². The van der Waals surface area contributed by atoms with Gasteiger partial charge in [0.25, 0.3) is 0 Å². The summed E-state index contributed by atoms with van der Waals surface area (Å²) in [5.74, 6) is -0.0936. The Bertz CT molecular complexity index is 4060. The third-order valence-electron chi connectivity index (χ3n) is 15.5. The van der Waals surface area contributed by atoms with E-state index in [1.807, 2.05) is 0 Å². The Labute approximate surface area is 409 Å². The lowest BCUT2D eigenvalue weighted by molar-refractivity contribution is 0.475. The number of anilines is 3. The molecule has 3 aromatic heterocycles. The summed E-state index contributed by atoms with van der Waals surface area (Å²) >= 11 is 0. The number of furan rings is 3. The highest BCUT2D eigenvalue weighted by atomic mass is 16.3. The second-order valence-corrected chi connectivity index (χ2v) is 22.5. The van der Waals surface area contributed by atoms with Gasteiger partial charge in [-0.3, -0.25) is 0 Å². The first-order chi connectivity index (χ1) is 33.7. The molecule has 70 heavy (non-hydrogen) atoms. The summed E-state index contributed by atoms with van der Waals surface area (Å²) in [5, 5.41) is 9.30. The van der Waals surface area contributed by atoms with Gasteiger partial charge in [0.1, 0.15) is 27.9 Å². The van der Waals surface area contributed by atoms with E-state index in [0.29, 0.717) is 0 Å². The molecule has 1 atom stereocenters. The zero-order chi connectivity index (χ0) is 47.8. The maximum Gasteiger partial charge on any atom is 0.159 e. The van der Waals surface area contributed by atoms with Crippen LogP contribution in [0, 0.1) is 0 Å². The van der Waals surface area contributed by atoms with Crippen LogP contribution < -0.4 is 4.90 Å². The van der Waals surface area contributed by atoms with E-state index in [2.05, 4.69) is 230 Å². The molecule has 0 fully saturated rings. The molecule has 0 N–H and O–H groups in total. The molecule has 4 nitrogen and oxygen atoms in total. The lowest BCUT2D eigenvalue weighted by atomic mass is 9.71. The first kappa shape index (κ1) is 42.5. The lowest BCUT2D eigenvalue weighted by Crippen LogP contribution is -2.24. The van der Waals surface area contributed by atoms with Gasteiger partial charge in [0.2, 0.25) is 0 Å². The molecule has 0 radical (unpaired) electrons. The molecule has 0 spiro atoms. The zero-order valence-corrected chi connectivity index (χ0v) is 41.3. The number of nitrogens with zero attached hydrogens (tertiary/aromatic N) is 1. The first-order valence-corrected chi connectivity index (χ1v) is 25.0. The lowest BCUT2D eigenvalue weighted by Gasteiger charge is -2.36. The Morgan fingerprint density at radius 3 is 1.71 bits per heavy atom. The van der Waals surface area contributed by atoms with Crippen molar-refractivity contribution in [1.29, 1.82) is 0 Å². The molecule has 0 saturated heterocycles. The Morgan fingerprint density at radius 2 is 1.04 bits per heavy atom. The van der Waals surface area contributed by atoms with Gasteiger partial charge >= 0.3 is 0 Å². The minimum atomic E-state index is -0.0936. The van der Waals surface area contributed by atoms with E-state index >= 15 is 0 Å². The minimum absolute atomic E-state index is 0.0577. The monoisotopic (exact) mass is 911 g/mol. The van der Waals surface area contributed by atoms with E-state index in [1.165, 1.54) is 33.2 Å². The summed E-state index contributed by atoms with van der Waals surface area (Å²) in [5.41, 5.74) is 17.3. The van der Waals surface area contributed by atoms with Crippen LogP contribution in [0.25, 0.3) is 76.6 Å². The van der Waals surface area contributed by atoms with Gasteiger partial charge in [-0.25, -0.2) is 0 Å². The Hall–Kier alpha value is -7.56. The summed E-state index contributed by atoms with van der Waals surface area (Å²) in [7, 11) is 0. The standard InChI is InChI=1S/C66H57NO3/c1-64(2,3)51-28-16-24-44-43-23-15-27-48(59(43)69-61(44)51)57(39-19-11-9-12-20-39)40-31-32-42-50-38-53-58-47(35-36-66(53,7)8)54(34-33-49(58)60(50)68-56(42)37-40)67(41-21-13-10-14-22-41)55-30-18-26-46-45-25-17-29-52(65(4,5)6)62(45)70-63(46)55/h9-34,37-38,57H,35-36H2,1-8H3/t57-/m0/s1. The molecule has 12 aromatic rings. The van der Waals surface area contributed by atoms with Crippen molar-refractivity contribution in [2.45, 2.75) is 90.4 Å². The summed E-state index contributed by atoms with van der Waals surface area (Å²) in [4.78, 5) is 2.43. The largest absolute Gasteiger partial charge is 0.455 e. The van der Waals surface area contributed by atoms with E-state index < -0.39 is 0 Å². The third-order valence-corrected chi connectivity index (χ3v) is 15.5. The van der Waals surface area contributed by atoms with Crippen LogP contribution in [0.5, 0.6) is 0 Å². The highest BCUT2D eigenvalue weighted by Gasteiger charge is 2.34. The fourth-order valence-corrected chi connectivity index (χ4v) is 12.0. The average molecular weight is 912 g/mol. The number of hydrogen-bond acceptors (Lipinski definition) is 4. The van der Waals surface area contributed by atoms with E-state index in [9.17, 15) is 0 Å². The molecule has 13 rings (SSSR count). The van der Waals surface area contributed by atoms with Crippen molar-refractivity contribution in [2.75, 3.05) is 4.90 Å². The van der Waals surface area contributed by atoms with Crippen molar-refractivity contribution in [2.24, 2.45) is 0 Å². The van der Waals surface area contributed by atoms with Gasteiger partial charge in [0.05, 0.1) is 11.4 Å². The Morgan fingerprint density at radius 1 is 0.457 bits per heavy atom. The number of hydrogen-bond donors (Lipinski definition) is 0. The number of rotatable bonds is 6. The van der Waals surface area contributed by atoms with Gasteiger partial charge in [0, 0.05) is 66.0 Å². The molecule has 344 valence electrons. The summed E-state index contributed by atoms with van der Waals surface area (Å²) < 4.78 is 21.3. The molecule has 3 heterocycles. The molecule has 0 unspecified atom stereocenters. The molecular weight excluding hydrogens is 855 g/mol. The van der Waals surface area contributed by atoms with Crippen LogP contribution in [0.4, 0.5) is 17.1 Å². The molecule has 9 aromatic carbocycles. The van der Waals surface area contributed by atoms with E-state index in [0.717, 1.165) is 112 Å². The molecule has 0 amide bonds. The van der Waals surface area contributed by atoms with Gasteiger partial charge in [-0.15, -0.1) is 0 Å². The predicted molar refractivity (Wildman–Crippen MR) is 293 cm³/mol. The quantitative estimate of drug-likeness (QED) is 0.156. The van der Waals surface area contributed by atoms with Crippen molar-refractivity contribution in [3.8, 4) is 0 Å². The number of benzene rings is 9. The second-order valence-electron chi connectivity index (χ2n) is 22.5. The van der Waals surface area contributed by atoms with Crippen LogP contribution in [0.15, 0.2) is 183 Å².